The molecule has 0 aliphatic heterocycles. The average Bonchev–Trinajstić information content (AvgIpc) is 2.37. The van der Waals surface area contributed by atoms with E-state index in [1.165, 1.54) is 10.5 Å². The van der Waals surface area contributed by atoms with Gasteiger partial charge < -0.3 is 10.6 Å². The standard InChI is InChI=1S/C14H24N2S/c1-4-17-14-7-5-13(6-8-14)9-10-16(3)12(2)11-15/h5-8,12H,4,9-11,15H2,1-3H3. The van der Waals surface area contributed by atoms with Gasteiger partial charge >= 0.3 is 0 Å². The minimum absolute atomic E-state index is 0.463. The SMILES string of the molecule is CCSc1ccc(CCN(C)C(C)CN)cc1. The summed E-state index contributed by atoms with van der Waals surface area (Å²) in [6, 6.07) is 9.37. The first kappa shape index (κ1) is 14.6. The molecular formula is C14H24N2S. The first-order valence-corrected chi connectivity index (χ1v) is 7.28. The molecule has 0 bridgehead atoms. The molecule has 0 aliphatic carbocycles. The zero-order valence-corrected chi connectivity index (χ0v) is 12.0. The lowest BCUT2D eigenvalue weighted by Crippen LogP contribution is -2.36. The van der Waals surface area contributed by atoms with Crippen LogP contribution in [0.15, 0.2) is 29.2 Å². The predicted octanol–water partition coefficient (Wildman–Crippen LogP) is 2.62. The van der Waals surface area contributed by atoms with Crippen LogP contribution in [0.3, 0.4) is 0 Å². The highest BCUT2D eigenvalue weighted by atomic mass is 32.2. The molecule has 0 spiro atoms. The van der Waals surface area contributed by atoms with Crippen molar-refractivity contribution in [1.82, 2.24) is 4.90 Å². The molecule has 0 aliphatic rings. The maximum atomic E-state index is 5.65. The fourth-order valence-electron chi connectivity index (χ4n) is 1.62. The Hall–Kier alpha value is -0.510. The van der Waals surface area contributed by atoms with Gasteiger partial charge in [-0.25, -0.2) is 0 Å². The second-order valence-electron chi connectivity index (χ2n) is 4.39. The molecule has 1 atom stereocenters. The molecule has 96 valence electrons. The van der Waals surface area contributed by atoms with E-state index in [0.29, 0.717) is 6.04 Å². The van der Waals surface area contributed by atoms with E-state index in [4.69, 9.17) is 5.73 Å². The molecule has 0 heterocycles. The fourth-order valence-corrected chi connectivity index (χ4v) is 2.29. The average molecular weight is 252 g/mol. The highest BCUT2D eigenvalue weighted by molar-refractivity contribution is 7.99. The summed E-state index contributed by atoms with van der Waals surface area (Å²) in [5.41, 5.74) is 7.05. The van der Waals surface area contributed by atoms with E-state index in [2.05, 4.69) is 50.1 Å². The third-order valence-corrected chi connectivity index (χ3v) is 3.98. The van der Waals surface area contributed by atoms with Crippen LogP contribution in [-0.4, -0.2) is 36.8 Å². The molecule has 2 nitrogen and oxygen atoms in total. The Bertz CT molecular complexity index is 311. The lowest BCUT2D eigenvalue weighted by molar-refractivity contribution is 0.266. The van der Waals surface area contributed by atoms with Gasteiger partial charge in [0.05, 0.1) is 0 Å². The van der Waals surface area contributed by atoms with Gasteiger partial charge in [-0.1, -0.05) is 19.1 Å². The lowest BCUT2D eigenvalue weighted by atomic mass is 10.1. The third kappa shape index (κ3) is 5.11. The van der Waals surface area contributed by atoms with Crippen molar-refractivity contribution in [1.29, 1.82) is 0 Å². The number of hydrogen-bond acceptors (Lipinski definition) is 3. The number of nitrogens with two attached hydrogens (primary N) is 1. The van der Waals surface area contributed by atoms with Gasteiger partial charge in [0.2, 0.25) is 0 Å². The van der Waals surface area contributed by atoms with Crippen LogP contribution in [0.2, 0.25) is 0 Å². The Labute approximate surface area is 110 Å². The first-order chi connectivity index (χ1) is 8.17. The van der Waals surface area contributed by atoms with Crippen molar-refractivity contribution < 1.29 is 0 Å². The summed E-state index contributed by atoms with van der Waals surface area (Å²) in [5.74, 6) is 1.14. The molecule has 0 aromatic heterocycles. The van der Waals surface area contributed by atoms with Crippen LogP contribution in [0.4, 0.5) is 0 Å². The quantitative estimate of drug-likeness (QED) is 0.756. The van der Waals surface area contributed by atoms with E-state index in [-0.39, 0.29) is 0 Å². The maximum absolute atomic E-state index is 5.65. The topological polar surface area (TPSA) is 29.3 Å². The molecule has 17 heavy (non-hydrogen) atoms. The van der Waals surface area contributed by atoms with Crippen molar-refractivity contribution in [3.05, 3.63) is 29.8 Å². The highest BCUT2D eigenvalue weighted by Crippen LogP contribution is 2.17. The van der Waals surface area contributed by atoms with Crippen LogP contribution in [0.5, 0.6) is 0 Å². The number of benzene rings is 1. The van der Waals surface area contributed by atoms with E-state index in [1.54, 1.807) is 0 Å². The highest BCUT2D eigenvalue weighted by Gasteiger charge is 2.06. The monoisotopic (exact) mass is 252 g/mol. The van der Waals surface area contributed by atoms with Crippen LogP contribution in [0.1, 0.15) is 19.4 Å². The fraction of sp³-hybridized carbons (Fsp3) is 0.571. The van der Waals surface area contributed by atoms with Gasteiger partial charge in [-0.15, -0.1) is 11.8 Å². The van der Waals surface area contributed by atoms with Crippen LogP contribution in [0, 0.1) is 0 Å². The van der Waals surface area contributed by atoms with Gasteiger partial charge in [-0.3, -0.25) is 0 Å². The van der Waals surface area contributed by atoms with Gasteiger partial charge in [-0.05, 0) is 43.8 Å². The van der Waals surface area contributed by atoms with Crippen molar-refractivity contribution in [3.63, 3.8) is 0 Å². The molecule has 2 N–H and O–H groups in total. The van der Waals surface area contributed by atoms with Crippen molar-refractivity contribution in [2.45, 2.75) is 31.2 Å². The number of thioether (sulfide) groups is 1. The molecule has 1 rings (SSSR count). The summed E-state index contributed by atoms with van der Waals surface area (Å²) >= 11 is 1.89. The Morgan fingerprint density at radius 1 is 1.29 bits per heavy atom. The second-order valence-corrected chi connectivity index (χ2v) is 5.73. The maximum Gasteiger partial charge on any atom is 0.0187 e. The van der Waals surface area contributed by atoms with Gasteiger partial charge in [0.15, 0.2) is 0 Å². The lowest BCUT2D eigenvalue weighted by Gasteiger charge is -2.23. The minimum atomic E-state index is 0.463. The summed E-state index contributed by atoms with van der Waals surface area (Å²) in [5, 5.41) is 0. The van der Waals surface area contributed by atoms with E-state index >= 15 is 0 Å². The Morgan fingerprint density at radius 2 is 1.94 bits per heavy atom. The summed E-state index contributed by atoms with van der Waals surface area (Å²) in [6.45, 7) is 6.14. The number of rotatable bonds is 7. The molecule has 0 fully saturated rings. The van der Waals surface area contributed by atoms with Crippen molar-refractivity contribution in [2.24, 2.45) is 5.73 Å². The van der Waals surface area contributed by atoms with Crippen LogP contribution >= 0.6 is 11.8 Å². The molecule has 0 saturated heterocycles. The number of hydrogen-bond donors (Lipinski definition) is 1. The van der Waals surface area contributed by atoms with Gasteiger partial charge in [0, 0.05) is 24.0 Å². The van der Waals surface area contributed by atoms with E-state index in [0.717, 1.165) is 25.3 Å². The minimum Gasteiger partial charge on any atom is -0.329 e. The zero-order chi connectivity index (χ0) is 12.7. The molecule has 0 amide bonds. The van der Waals surface area contributed by atoms with Crippen molar-refractivity contribution in [3.8, 4) is 0 Å². The molecule has 0 radical (unpaired) electrons. The summed E-state index contributed by atoms with van der Waals surface area (Å²) in [7, 11) is 2.14. The number of nitrogens with zero attached hydrogens (tertiary/aromatic N) is 1. The van der Waals surface area contributed by atoms with E-state index < -0.39 is 0 Å². The Kier molecular flexibility index (Phi) is 6.63. The van der Waals surface area contributed by atoms with Crippen LogP contribution in [0.25, 0.3) is 0 Å². The van der Waals surface area contributed by atoms with Gasteiger partial charge in [0.1, 0.15) is 0 Å². The summed E-state index contributed by atoms with van der Waals surface area (Å²) in [4.78, 5) is 3.68. The number of likely N-dealkylation sites (N-methyl/N-ethyl adjacent to an activating group) is 1. The van der Waals surface area contributed by atoms with Crippen LogP contribution < -0.4 is 5.73 Å². The Morgan fingerprint density at radius 3 is 2.47 bits per heavy atom. The third-order valence-electron chi connectivity index (χ3n) is 3.08. The normalized spacial score (nSPS) is 13.0. The summed E-state index contributed by atoms with van der Waals surface area (Å²) in [6.07, 6.45) is 1.10. The largest absolute Gasteiger partial charge is 0.329 e. The van der Waals surface area contributed by atoms with Crippen molar-refractivity contribution >= 4 is 11.8 Å². The molecular weight excluding hydrogens is 228 g/mol. The first-order valence-electron chi connectivity index (χ1n) is 6.29. The molecule has 3 heteroatoms. The smallest absolute Gasteiger partial charge is 0.0187 e. The predicted molar refractivity (Wildman–Crippen MR) is 77.7 cm³/mol. The van der Waals surface area contributed by atoms with Gasteiger partial charge in [0.25, 0.3) is 0 Å². The molecule has 0 saturated carbocycles. The zero-order valence-electron chi connectivity index (χ0n) is 11.1. The molecule has 1 unspecified atom stereocenters. The second kappa shape index (κ2) is 7.75. The van der Waals surface area contributed by atoms with E-state index in [1.807, 2.05) is 11.8 Å². The van der Waals surface area contributed by atoms with Gasteiger partial charge in [-0.2, -0.15) is 0 Å². The van der Waals surface area contributed by atoms with Crippen LogP contribution in [-0.2, 0) is 6.42 Å². The Balaban J connectivity index is 2.41. The molecule has 1 aromatic carbocycles. The van der Waals surface area contributed by atoms with E-state index in [9.17, 15) is 0 Å². The summed E-state index contributed by atoms with van der Waals surface area (Å²) < 4.78 is 0. The van der Waals surface area contributed by atoms with Crippen molar-refractivity contribution in [2.75, 3.05) is 25.9 Å². The molecule has 1 aromatic rings.